The minimum absolute atomic E-state index is 0.534. The zero-order valence-electron chi connectivity index (χ0n) is 11.5. The molecule has 17 heavy (non-hydrogen) atoms. The summed E-state index contributed by atoms with van der Waals surface area (Å²) in [5.41, 5.74) is 7.17. The van der Waals surface area contributed by atoms with Gasteiger partial charge >= 0.3 is 0 Å². The molecule has 98 valence electrons. The monoisotopic (exact) mass is 236 g/mol. The fourth-order valence-corrected chi connectivity index (χ4v) is 5.41. The predicted octanol–water partition coefficient (Wildman–Crippen LogP) is 2.48. The third-order valence-electron chi connectivity index (χ3n) is 6.00. The topological polar surface area (TPSA) is 29.3 Å². The number of hydrogen-bond donors (Lipinski definition) is 1. The average molecular weight is 236 g/mol. The predicted molar refractivity (Wildman–Crippen MR) is 71.8 cm³/mol. The van der Waals surface area contributed by atoms with Gasteiger partial charge < -0.3 is 10.6 Å². The Bertz CT molecular complexity index is 285. The largest absolute Gasteiger partial charge is 0.327 e. The SMILES string of the molecule is CN(C)CC1CCCC2(C1)C1CC[C@H](C1)[C@H]2N. The quantitative estimate of drug-likeness (QED) is 0.798. The molecule has 2 N–H and O–H groups in total. The van der Waals surface area contributed by atoms with Gasteiger partial charge in [0.25, 0.3) is 0 Å². The van der Waals surface area contributed by atoms with Crippen LogP contribution in [-0.4, -0.2) is 31.6 Å². The maximum absolute atomic E-state index is 6.61. The Hall–Kier alpha value is -0.0800. The highest BCUT2D eigenvalue weighted by Gasteiger charge is 2.57. The molecule has 3 unspecified atom stereocenters. The van der Waals surface area contributed by atoms with Crippen LogP contribution in [0.3, 0.4) is 0 Å². The highest BCUT2D eigenvalue weighted by atomic mass is 15.1. The van der Waals surface area contributed by atoms with Gasteiger partial charge in [-0.05, 0) is 75.8 Å². The summed E-state index contributed by atoms with van der Waals surface area (Å²) in [5, 5.41) is 0. The molecule has 1 spiro atoms. The summed E-state index contributed by atoms with van der Waals surface area (Å²) >= 11 is 0. The van der Waals surface area contributed by atoms with E-state index < -0.39 is 0 Å². The van der Waals surface area contributed by atoms with E-state index in [0.29, 0.717) is 11.5 Å². The third-order valence-corrected chi connectivity index (χ3v) is 6.00. The maximum atomic E-state index is 6.61. The number of nitrogens with two attached hydrogens (primary N) is 1. The van der Waals surface area contributed by atoms with Crippen molar-refractivity contribution in [1.82, 2.24) is 4.90 Å². The Labute approximate surface area is 106 Å². The molecule has 0 heterocycles. The van der Waals surface area contributed by atoms with Gasteiger partial charge in [-0.15, -0.1) is 0 Å². The average Bonchev–Trinajstić information content (AvgIpc) is 2.83. The van der Waals surface area contributed by atoms with Crippen LogP contribution in [0.1, 0.15) is 44.9 Å². The first-order valence-electron chi connectivity index (χ1n) is 7.52. The van der Waals surface area contributed by atoms with Crippen molar-refractivity contribution in [2.75, 3.05) is 20.6 Å². The summed E-state index contributed by atoms with van der Waals surface area (Å²) < 4.78 is 0. The van der Waals surface area contributed by atoms with Crippen LogP contribution in [0, 0.1) is 23.2 Å². The van der Waals surface area contributed by atoms with Crippen molar-refractivity contribution in [1.29, 1.82) is 0 Å². The van der Waals surface area contributed by atoms with Crippen LogP contribution in [-0.2, 0) is 0 Å². The smallest absolute Gasteiger partial charge is 0.0127 e. The fourth-order valence-electron chi connectivity index (χ4n) is 5.41. The number of nitrogens with zero attached hydrogens (tertiary/aromatic N) is 1. The highest BCUT2D eigenvalue weighted by molar-refractivity contribution is 5.10. The molecule has 0 aromatic carbocycles. The van der Waals surface area contributed by atoms with E-state index >= 15 is 0 Å². The Morgan fingerprint density at radius 2 is 2.06 bits per heavy atom. The van der Waals surface area contributed by atoms with Gasteiger partial charge in [-0.2, -0.15) is 0 Å². The van der Waals surface area contributed by atoms with Gasteiger partial charge in [0.1, 0.15) is 0 Å². The van der Waals surface area contributed by atoms with Crippen molar-refractivity contribution < 1.29 is 0 Å². The standard InChI is InChI=1S/C15H28N2/c1-17(2)10-11-4-3-7-15(9-11)13-6-5-12(8-13)14(15)16/h11-14H,3-10,16H2,1-2H3/t11?,12-,13?,14-,15?/m1/s1. The zero-order valence-corrected chi connectivity index (χ0v) is 11.5. The lowest BCUT2D eigenvalue weighted by Crippen LogP contribution is -2.49. The van der Waals surface area contributed by atoms with Crippen molar-refractivity contribution in [3.05, 3.63) is 0 Å². The Morgan fingerprint density at radius 3 is 2.71 bits per heavy atom. The van der Waals surface area contributed by atoms with Crippen LogP contribution < -0.4 is 5.73 Å². The highest BCUT2D eigenvalue weighted by Crippen LogP contribution is 2.61. The molecule has 2 bridgehead atoms. The van der Waals surface area contributed by atoms with Crippen molar-refractivity contribution in [3.8, 4) is 0 Å². The summed E-state index contributed by atoms with van der Waals surface area (Å²) in [5.74, 6) is 2.76. The second kappa shape index (κ2) is 4.24. The van der Waals surface area contributed by atoms with Gasteiger partial charge in [0.05, 0.1) is 0 Å². The molecule has 0 saturated heterocycles. The molecule has 0 aromatic heterocycles. The van der Waals surface area contributed by atoms with Crippen molar-refractivity contribution in [3.63, 3.8) is 0 Å². The Kier molecular flexibility index (Phi) is 2.99. The Balaban J connectivity index is 1.74. The molecule has 3 rings (SSSR count). The summed E-state index contributed by atoms with van der Waals surface area (Å²) in [6.07, 6.45) is 10.1. The molecule has 3 aliphatic rings. The van der Waals surface area contributed by atoms with Crippen LogP contribution in [0.4, 0.5) is 0 Å². The summed E-state index contributed by atoms with van der Waals surface area (Å²) in [6.45, 7) is 1.27. The minimum Gasteiger partial charge on any atom is -0.327 e. The molecule has 2 heteroatoms. The van der Waals surface area contributed by atoms with Gasteiger partial charge in [-0.25, -0.2) is 0 Å². The van der Waals surface area contributed by atoms with Crippen LogP contribution in [0.15, 0.2) is 0 Å². The second-order valence-electron chi connectivity index (χ2n) is 7.25. The molecule has 2 nitrogen and oxygen atoms in total. The van der Waals surface area contributed by atoms with E-state index in [1.807, 2.05) is 0 Å². The molecule has 0 aromatic rings. The van der Waals surface area contributed by atoms with Crippen molar-refractivity contribution in [2.45, 2.75) is 51.0 Å². The van der Waals surface area contributed by atoms with Gasteiger partial charge in [0.2, 0.25) is 0 Å². The van der Waals surface area contributed by atoms with E-state index in [4.69, 9.17) is 5.73 Å². The summed E-state index contributed by atoms with van der Waals surface area (Å²) in [4.78, 5) is 2.36. The van der Waals surface area contributed by atoms with E-state index in [1.54, 1.807) is 0 Å². The van der Waals surface area contributed by atoms with Crippen LogP contribution in [0.2, 0.25) is 0 Å². The number of fused-ring (bicyclic) bond motifs is 3. The first-order valence-corrected chi connectivity index (χ1v) is 7.52. The van der Waals surface area contributed by atoms with E-state index in [9.17, 15) is 0 Å². The van der Waals surface area contributed by atoms with Gasteiger partial charge in [0, 0.05) is 12.6 Å². The first-order chi connectivity index (χ1) is 8.12. The second-order valence-corrected chi connectivity index (χ2v) is 7.25. The molecule has 0 radical (unpaired) electrons. The summed E-state index contributed by atoms with van der Waals surface area (Å²) in [6, 6.07) is 0.534. The van der Waals surface area contributed by atoms with Crippen molar-refractivity contribution >= 4 is 0 Å². The third kappa shape index (κ3) is 1.84. The molecule has 3 saturated carbocycles. The molecule has 0 aliphatic heterocycles. The van der Waals surface area contributed by atoms with E-state index in [1.165, 1.54) is 51.5 Å². The fraction of sp³-hybridized carbons (Fsp3) is 1.00. The van der Waals surface area contributed by atoms with E-state index in [-0.39, 0.29) is 0 Å². The van der Waals surface area contributed by atoms with E-state index in [0.717, 1.165) is 17.8 Å². The van der Waals surface area contributed by atoms with Crippen LogP contribution >= 0.6 is 0 Å². The Morgan fingerprint density at radius 1 is 1.24 bits per heavy atom. The summed E-state index contributed by atoms with van der Waals surface area (Å²) in [7, 11) is 4.42. The van der Waals surface area contributed by atoms with Crippen molar-refractivity contribution in [2.24, 2.45) is 28.9 Å². The molecule has 3 aliphatic carbocycles. The minimum atomic E-state index is 0.534. The van der Waals surface area contributed by atoms with E-state index in [2.05, 4.69) is 19.0 Å². The van der Waals surface area contributed by atoms with Gasteiger partial charge in [-0.3, -0.25) is 0 Å². The zero-order chi connectivity index (χ0) is 12.0. The molecular weight excluding hydrogens is 208 g/mol. The van der Waals surface area contributed by atoms with Gasteiger partial charge in [-0.1, -0.05) is 6.42 Å². The van der Waals surface area contributed by atoms with Gasteiger partial charge in [0.15, 0.2) is 0 Å². The van der Waals surface area contributed by atoms with Crippen LogP contribution in [0.5, 0.6) is 0 Å². The number of hydrogen-bond acceptors (Lipinski definition) is 2. The lowest BCUT2D eigenvalue weighted by molar-refractivity contribution is 0.0407. The maximum Gasteiger partial charge on any atom is 0.0127 e. The molecule has 5 atom stereocenters. The first kappa shape index (κ1) is 12.0. The molecule has 0 amide bonds. The van der Waals surface area contributed by atoms with Crippen LogP contribution in [0.25, 0.3) is 0 Å². The molecular formula is C15H28N2. The lowest BCUT2D eigenvalue weighted by Gasteiger charge is -2.48. The lowest BCUT2D eigenvalue weighted by atomic mass is 9.59. The number of rotatable bonds is 2. The molecule has 3 fully saturated rings. The normalized spacial score (nSPS) is 49.4.